The normalized spacial score (nSPS) is 29.0. The lowest BCUT2D eigenvalue weighted by Gasteiger charge is -2.49. The smallest absolute Gasteiger partial charge is 0.221 e. The van der Waals surface area contributed by atoms with E-state index in [1.807, 2.05) is 0 Å². The van der Waals surface area contributed by atoms with E-state index in [1.54, 1.807) is 54.6 Å². The third-order valence-corrected chi connectivity index (χ3v) is 6.19. The van der Waals surface area contributed by atoms with Crippen molar-refractivity contribution < 1.29 is 19.6 Å². The van der Waals surface area contributed by atoms with Crippen LogP contribution in [-0.4, -0.2) is 33.2 Å². The highest BCUT2D eigenvalue weighted by atomic mass is 16.6. The van der Waals surface area contributed by atoms with Gasteiger partial charge in [0.25, 0.3) is 0 Å². The van der Waals surface area contributed by atoms with Crippen LogP contribution in [0.5, 0.6) is 0 Å². The van der Waals surface area contributed by atoms with E-state index in [0.717, 1.165) is 0 Å². The zero-order valence-electron chi connectivity index (χ0n) is 14.8. The number of carbonyl (C=O) groups excluding carboxylic acids is 2. The molecule has 1 saturated carbocycles. The Kier molecular flexibility index (Phi) is 3.78. The van der Waals surface area contributed by atoms with Gasteiger partial charge in [-0.25, -0.2) is 0 Å². The number of hydrogen-bond acceptors (Lipinski definition) is 5. The van der Waals surface area contributed by atoms with Crippen molar-refractivity contribution in [2.75, 3.05) is 0 Å². The maximum atomic E-state index is 13.5. The highest BCUT2D eigenvalue weighted by Gasteiger charge is 2.72. The molecule has 4 rings (SSSR count). The Morgan fingerprint density at radius 2 is 1.52 bits per heavy atom. The van der Waals surface area contributed by atoms with Crippen LogP contribution in [-0.2, 0) is 0 Å². The van der Waals surface area contributed by atoms with Gasteiger partial charge in [-0.3, -0.25) is 19.7 Å². The van der Waals surface area contributed by atoms with Crippen LogP contribution in [0.15, 0.2) is 54.6 Å². The average molecular weight is 365 g/mol. The van der Waals surface area contributed by atoms with Gasteiger partial charge in [0.2, 0.25) is 6.04 Å². The van der Waals surface area contributed by atoms with Crippen molar-refractivity contribution in [3.05, 3.63) is 81.4 Å². The lowest BCUT2D eigenvalue weighted by Crippen LogP contribution is -2.63. The number of benzene rings is 2. The second kappa shape index (κ2) is 5.82. The van der Waals surface area contributed by atoms with Gasteiger partial charge in [0.05, 0.1) is 11.5 Å². The maximum absolute atomic E-state index is 13.5. The number of rotatable bonds is 2. The van der Waals surface area contributed by atoms with E-state index in [-0.39, 0.29) is 24.0 Å². The number of aliphatic hydroxyl groups is 1. The summed E-state index contributed by atoms with van der Waals surface area (Å²) >= 11 is 0. The Balaban J connectivity index is 2.04. The van der Waals surface area contributed by atoms with Gasteiger partial charge in [-0.15, -0.1) is 0 Å². The van der Waals surface area contributed by atoms with Gasteiger partial charge in [-0.1, -0.05) is 54.6 Å². The fraction of sp³-hybridized carbons (Fsp3) is 0.333. The van der Waals surface area contributed by atoms with E-state index < -0.39 is 39.5 Å². The fourth-order valence-corrected chi connectivity index (χ4v) is 4.95. The molecule has 0 unspecified atom stereocenters. The van der Waals surface area contributed by atoms with Crippen LogP contribution in [0.2, 0.25) is 0 Å². The van der Waals surface area contributed by atoms with Crippen molar-refractivity contribution in [2.24, 2.45) is 5.41 Å². The maximum Gasteiger partial charge on any atom is 0.221 e. The highest BCUT2D eigenvalue weighted by Crippen LogP contribution is 2.59. The third-order valence-electron chi connectivity index (χ3n) is 6.19. The largest absolute Gasteiger partial charge is 0.389 e. The van der Waals surface area contributed by atoms with Crippen molar-refractivity contribution >= 4 is 11.6 Å². The molecule has 1 N–H and O–H groups in total. The summed E-state index contributed by atoms with van der Waals surface area (Å²) in [5, 5.41) is 23.2. The number of Topliss-reactive ketones (excluding diaryl/α,β-unsaturated/α-hetero) is 2. The first-order valence-electron chi connectivity index (χ1n) is 8.92. The number of hydrogen-bond donors (Lipinski definition) is 1. The molecule has 0 amide bonds. The van der Waals surface area contributed by atoms with E-state index in [1.165, 1.54) is 6.92 Å². The summed E-state index contributed by atoms with van der Waals surface area (Å²) in [5.74, 6) is -2.08. The molecule has 2 aliphatic rings. The first kappa shape index (κ1) is 17.5. The molecule has 6 nitrogen and oxygen atoms in total. The Bertz CT molecular complexity index is 915. The van der Waals surface area contributed by atoms with Gasteiger partial charge in [-0.2, -0.15) is 0 Å². The molecule has 1 fully saturated rings. The van der Waals surface area contributed by atoms with Crippen LogP contribution >= 0.6 is 0 Å². The van der Waals surface area contributed by atoms with Crippen molar-refractivity contribution in [3.63, 3.8) is 0 Å². The first-order valence-corrected chi connectivity index (χ1v) is 8.92. The minimum absolute atomic E-state index is 0.00739. The molecular formula is C21H19NO5. The predicted octanol–water partition coefficient (Wildman–Crippen LogP) is 3.03. The molecule has 0 saturated heterocycles. The summed E-state index contributed by atoms with van der Waals surface area (Å²) in [5.41, 5.74) is -2.60. The second-order valence-electron chi connectivity index (χ2n) is 7.57. The molecular weight excluding hydrogens is 346 g/mol. The molecule has 3 atom stereocenters. The van der Waals surface area contributed by atoms with E-state index in [4.69, 9.17) is 0 Å². The average Bonchev–Trinajstić information content (AvgIpc) is 2.88. The van der Waals surface area contributed by atoms with E-state index in [0.29, 0.717) is 5.56 Å². The summed E-state index contributed by atoms with van der Waals surface area (Å²) in [6.07, 6.45) is 0.103. The molecule has 138 valence electrons. The molecule has 0 aliphatic heterocycles. The van der Waals surface area contributed by atoms with Gasteiger partial charge in [0.15, 0.2) is 11.6 Å². The zero-order valence-corrected chi connectivity index (χ0v) is 14.8. The quantitative estimate of drug-likeness (QED) is 0.501. The Morgan fingerprint density at radius 1 is 1.00 bits per heavy atom. The molecule has 6 heteroatoms. The zero-order chi connectivity index (χ0) is 19.4. The van der Waals surface area contributed by atoms with Gasteiger partial charge < -0.3 is 5.11 Å². The fourth-order valence-electron chi connectivity index (χ4n) is 4.95. The van der Waals surface area contributed by atoms with Gasteiger partial charge in [0, 0.05) is 22.5 Å². The van der Waals surface area contributed by atoms with Gasteiger partial charge in [-0.05, 0) is 18.9 Å². The summed E-state index contributed by atoms with van der Waals surface area (Å²) in [7, 11) is 0. The SMILES string of the molecule is C[C@]1(O)CC[C@@H]([N+](=O)[O-])[C@H](c2ccccc2)C12C(=O)c1ccccc1C2=O. The van der Waals surface area contributed by atoms with Gasteiger partial charge in [0.1, 0.15) is 5.41 Å². The number of ketones is 2. The minimum atomic E-state index is -1.89. The number of nitrogens with zero attached hydrogens (tertiary/aromatic N) is 1. The predicted molar refractivity (Wildman–Crippen MR) is 97.4 cm³/mol. The van der Waals surface area contributed by atoms with Crippen LogP contribution < -0.4 is 0 Å². The molecule has 2 aromatic rings. The van der Waals surface area contributed by atoms with Crippen molar-refractivity contribution in [1.29, 1.82) is 0 Å². The Hall–Kier alpha value is -2.86. The van der Waals surface area contributed by atoms with E-state index in [9.17, 15) is 24.8 Å². The minimum Gasteiger partial charge on any atom is -0.389 e. The van der Waals surface area contributed by atoms with Crippen molar-refractivity contribution in [3.8, 4) is 0 Å². The second-order valence-corrected chi connectivity index (χ2v) is 7.57. The molecule has 2 aliphatic carbocycles. The van der Waals surface area contributed by atoms with Crippen molar-refractivity contribution in [2.45, 2.75) is 37.3 Å². The Morgan fingerprint density at radius 3 is 2.04 bits per heavy atom. The summed E-state index contributed by atoms with van der Waals surface area (Å²) in [6.45, 7) is 1.46. The molecule has 0 radical (unpaired) electrons. The number of carbonyl (C=O) groups is 2. The van der Waals surface area contributed by atoms with Crippen LogP contribution in [0.25, 0.3) is 0 Å². The van der Waals surface area contributed by atoms with Crippen LogP contribution in [0.1, 0.15) is 52.0 Å². The standard InChI is InChI=1S/C21H19NO5/c1-20(25)12-11-16(22(26)27)17(13-7-3-2-4-8-13)21(20)18(23)14-9-5-6-10-15(14)19(21)24/h2-10,16-17,25H,11-12H2,1H3/t16-,17+,20+/m1/s1. The number of fused-ring (bicyclic) bond motifs is 1. The third kappa shape index (κ3) is 2.16. The number of nitro groups is 1. The Labute approximate surface area is 156 Å². The monoisotopic (exact) mass is 365 g/mol. The van der Waals surface area contributed by atoms with E-state index >= 15 is 0 Å². The van der Waals surface area contributed by atoms with Gasteiger partial charge >= 0.3 is 0 Å². The van der Waals surface area contributed by atoms with E-state index in [2.05, 4.69) is 0 Å². The summed E-state index contributed by atoms with van der Waals surface area (Å²) in [4.78, 5) is 38.6. The summed E-state index contributed by atoms with van der Waals surface area (Å²) in [6, 6.07) is 13.9. The molecule has 0 bridgehead atoms. The van der Waals surface area contributed by atoms with Crippen molar-refractivity contribution in [1.82, 2.24) is 0 Å². The highest BCUT2D eigenvalue weighted by molar-refractivity contribution is 6.31. The lowest BCUT2D eigenvalue weighted by atomic mass is 9.52. The van der Waals surface area contributed by atoms with Crippen LogP contribution in [0.4, 0.5) is 0 Å². The molecule has 0 heterocycles. The van der Waals surface area contributed by atoms with Crippen LogP contribution in [0.3, 0.4) is 0 Å². The lowest BCUT2D eigenvalue weighted by molar-refractivity contribution is -0.535. The molecule has 27 heavy (non-hydrogen) atoms. The van der Waals surface area contributed by atoms with Crippen LogP contribution in [0, 0.1) is 15.5 Å². The topological polar surface area (TPSA) is 97.5 Å². The molecule has 2 aromatic carbocycles. The first-order chi connectivity index (χ1) is 12.8. The molecule has 0 aromatic heterocycles. The molecule has 1 spiro atoms. The summed E-state index contributed by atoms with van der Waals surface area (Å²) < 4.78 is 0.